The summed E-state index contributed by atoms with van der Waals surface area (Å²) in [5, 5.41) is 0. The Morgan fingerprint density at radius 2 is 1.00 bits per heavy atom. The Morgan fingerprint density at radius 1 is 0.818 bits per heavy atom. The van der Waals surface area contributed by atoms with Crippen LogP contribution in [0, 0.1) is 0 Å². The van der Waals surface area contributed by atoms with E-state index in [2.05, 4.69) is 0 Å². The second-order valence-electron chi connectivity index (χ2n) is 1.36. The van der Waals surface area contributed by atoms with Gasteiger partial charge >= 0.3 is 33.6 Å². The molecule has 0 aromatic carbocycles. The molecule has 10 heteroatoms. The standard InChI is InChI=1S/CH6O6P2.2Co/c2-8(3,4)1-9(5,6)7;;/h1H2,(H2,2,3,4)(H2,5,6,7);;/q;2*+2/p-4. The molecule has 6 nitrogen and oxygen atoms in total. The predicted octanol–water partition coefficient (Wildman–Crippen LogP) is -3.23. The number of hydrogen-bond donors (Lipinski definition) is 0. The van der Waals surface area contributed by atoms with E-state index in [0.29, 0.717) is 0 Å². The van der Waals surface area contributed by atoms with Gasteiger partial charge in [0.1, 0.15) is 0 Å². The summed E-state index contributed by atoms with van der Waals surface area (Å²) in [7, 11) is -10.4. The first kappa shape index (κ1) is 18.2. The zero-order valence-electron chi connectivity index (χ0n) is 4.72. The summed E-state index contributed by atoms with van der Waals surface area (Å²) < 4.78 is 19.1. The summed E-state index contributed by atoms with van der Waals surface area (Å²) in [6, 6.07) is 0. The Balaban J connectivity index is -0.000000320. The van der Waals surface area contributed by atoms with Gasteiger partial charge in [-0.15, -0.1) is 0 Å². The molecule has 11 heavy (non-hydrogen) atoms. The van der Waals surface area contributed by atoms with Gasteiger partial charge < -0.3 is 28.7 Å². The minimum absolute atomic E-state index is 0. The van der Waals surface area contributed by atoms with Crippen molar-refractivity contribution in [2.24, 2.45) is 0 Å². The largest absolute Gasteiger partial charge is 2.00 e. The second-order valence-corrected chi connectivity index (χ2v) is 4.94. The van der Waals surface area contributed by atoms with Crippen molar-refractivity contribution in [1.82, 2.24) is 0 Å². The first-order valence-corrected chi connectivity index (χ1v) is 5.18. The van der Waals surface area contributed by atoms with Gasteiger partial charge in [0.2, 0.25) is 0 Å². The molecule has 0 saturated heterocycles. The fraction of sp³-hybridized carbons (Fsp3) is 1.00. The Labute approximate surface area is 83.5 Å². The van der Waals surface area contributed by atoms with E-state index in [1.54, 1.807) is 0 Å². The van der Waals surface area contributed by atoms with Gasteiger partial charge in [0.05, 0.1) is 0 Å². The molecule has 0 heterocycles. The van der Waals surface area contributed by atoms with Crippen LogP contribution in [0.25, 0.3) is 0 Å². The van der Waals surface area contributed by atoms with Crippen LogP contribution in [0.1, 0.15) is 0 Å². The Hall–Kier alpha value is 1.31. The van der Waals surface area contributed by atoms with Crippen molar-refractivity contribution in [3.63, 3.8) is 0 Å². The van der Waals surface area contributed by atoms with E-state index in [1.807, 2.05) is 0 Å². The smallest absolute Gasteiger partial charge is 0.810 e. The molecule has 0 bridgehead atoms. The molecule has 0 aromatic rings. The molecule has 0 N–H and O–H groups in total. The normalized spacial score (nSPS) is 11.3. The number of hydrogen-bond acceptors (Lipinski definition) is 6. The topological polar surface area (TPSA) is 126 Å². The van der Waals surface area contributed by atoms with Crippen molar-refractivity contribution in [3.8, 4) is 0 Å². The van der Waals surface area contributed by atoms with Crippen LogP contribution in [-0.2, 0) is 42.7 Å². The first-order chi connectivity index (χ1) is 3.71. The van der Waals surface area contributed by atoms with Gasteiger partial charge in [0.25, 0.3) is 0 Å². The molecule has 0 saturated carbocycles. The molecule has 0 amide bonds. The average molecular weight is 290 g/mol. The van der Waals surface area contributed by atoms with Crippen LogP contribution in [-0.4, -0.2) is 5.90 Å². The molecule has 0 aliphatic carbocycles. The first-order valence-electron chi connectivity index (χ1n) is 1.73. The van der Waals surface area contributed by atoms with Gasteiger partial charge in [-0.2, -0.15) is 0 Å². The van der Waals surface area contributed by atoms with Crippen molar-refractivity contribution >= 4 is 15.2 Å². The second kappa shape index (κ2) is 5.87. The minimum atomic E-state index is -5.18. The van der Waals surface area contributed by atoms with E-state index in [1.165, 1.54) is 0 Å². The predicted molar refractivity (Wildman–Crippen MR) is 20.1 cm³/mol. The molecule has 0 fully saturated rings. The SMILES string of the molecule is O=P([O-])([O-])CP(=O)([O-])[O-].[Co+2].[Co+2]. The molecule has 0 aliphatic rings. The van der Waals surface area contributed by atoms with Crippen molar-refractivity contribution in [3.05, 3.63) is 0 Å². The Kier molecular flexibility index (Phi) is 9.70. The van der Waals surface area contributed by atoms with Crippen LogP contribution >= 0.6 is 15.2 Å². The minimum Gasteiger partial charge on any atom is -0.810 e. The molecular weight excluding hydrogens is 288 g/mol. The summed E-state index contributed by atoms with van der Waals surface area (Å²) in [6.45, 7) is 0. The molecule has 0 rings (SSSR count). The summed E-state index contributed by atoms with van der Waals surface area (Å²) in [5.41, 5.74) is 0. The van der Waals surface area contributed by atoms with Crippen LogP contribution < -0.4 is 19.6 Å². The quantitative estimate of drug-likeness (QED) is 0.492. The van der Waals surface area contributed by atoms with Crippen LogP contribution in [0.4, 0.5) is 0 Å². The van der Waals surface area contributed by atoms with Crippen molar-refractivity contribution in [1.29, 1.82) is 0 Å². The molecular formula is CH2Co2O6P2. The van der Waals surface area contributed by atoms with Crippen LogP contribution in [0.2, 0.25) is 0 Å². The fourth-order valence-corrected chi connectivity index (χ4v) is 1.91. The monoisotopic (exact) mass is 290 g/mol. The summed E-state index contributed by atoms with van der Waals surface area (Å²) >= 11 is 0. The maximum Gasteiger partial charge on any atom is 2.00 e. The zero-order chi connectivity index (χ0) is 7.71. The fourth-order valence-electron chi connectivity index (χ4n) is 0.212. The van der Waals surface area contributed by atoms with Crippen molar-refractivity contribution < 1.29 is 62.3 Å². The van der Waals surface area contributed by atoms with E-state index < -0.39 is 21.1 Å². The molecule has 0 atom stereocenters. The molecule has 0 spiro atoms. The maximum atomic E-state index is 9.55. The molecule has 2 radical (unpaired) electrons. The van der Waals surface area contributed by atoms with Crippen molar-refractivity contribution in [2.45, 2.75) is 0 Å². The van der Waals surface area contributed by atoms with E-state index in [9.17, 15) is 28.7 Å². The van der Waals surface area contributed by atoms with E-state index in [0.717, 1.165) is 0 Å². The molecule has 0 aromatic heterocycles. The summed E-state index contributed by atoms with van der Waals surface area (Å²) in [5.74, 6) is -1.82. The maximum absolute atomic E-state index is 9.55. The molecule has 0 unspecified atom stereocenters. The van der Waals surface area contributed by atoms with E-state index in [-0.39, 0.29) is 33.6 Å². The van der Waals surface area contributed by atoms with Gasteiger partial charge in [0, 0.05) is 5.90 Å². The Bertz CT molecular complexity index is 159. The zero-order valence-corrected chi connectivity index (χ0v) is 8.59. The van der Waals surface area contributed by atoms with Gasteiger partial charge in [-0.1, -0.05) is 15.2 Å². The third-order valence-electron chi connectivity index (χ3n) is 0.346. The third kappa shape index (κ3) is 18.3. The van der Waals surface area contributed by atoms with Gasteiger partial charge in [0.15, 0.2) is 0 Å². The van der Waals surface area contributed by atoms with Gasteiger partial charge in [-0.3, -0.25) is 0 Å². The van der Waals surface area contributed by atoms with Crippen LogP contribution in [0.5, 0.6) is 0 Å². The third-order valence-corrected chi connectivity index (χ3v) is 3.12. The summed E-state index contributed by atoms with van der Waals surface area (Å²) in [4.78, 5) is 38.2. The molecule has 70 valence electrons. The van der Waals surface area contributed by atoms with Gasteiger partial charge in [-0.05, 0) is 0 Å². The summed E-state index contributed by atoms with van der Waals surface area (Å²) in [6.07, 6.45) is 0. The van der Waals surface area contributed by atoms with Crippen LogP contribution in [0.3, 0.4) is 0 Å². The van der Waals surface area contributed by atoms with Gasteiger partial charge in [-0.25, -0.2) is 0 Å². The van der Waals surface area contributed by atoms with E-state index >= 15 is 0 Å². The van der Waals surface area contributed by atoms with Crippen LogP contribution in [0.15, 0.2) is 0 Å². The molecule has 0 aliphatic heterocycles. The van der Waals surface area contributed by atoms with Crippen molar-refractivity contribution in [2.75, 3.05) is 5.90 Å². The Morgan fingerprint density at radius 3 is 1.00 bits per heavy atom. The average Bonchev–Trinajstić information content (AvgIpc) is 1.14. The van der Waals surface area contributed by atoms with E-state index in [4.69, 9.17) is 0 Å². The number of rotatable bonds is 2.